The fourth-order valence-corrected chi connectivity index (χ4v) is 2.26. The van der Waals surface area contributed by atoms with Crippen LogP contribution in [0, 0.1) is 0 Å². The molecule has 1 aromatic rings. The summed E-state index contributed by atoms with van der Waals surface area (Å²) in [5.74, 6) is -1.36. The molecule has 1 aromatic carbocycles. The highest BCUT2D eigenvalue weighted by molar-refractivity contribution is 6.09. The van der Waals surface area contributed by atoms with Gasteiger partial charge in [0.15, 0.2) is 6.04 Å². The summed E-state index contributed by atoms with van der Waals surface area (Å²) >= 11 is 0. The molecule has 0 unspecified atom stereocenters. The van der Waals surface area contributed by atoms with Crippen molar-refractivity contribution in [1.29, 1.82) is 0 Å². The number of hydrogen-bond acceptors (Lipinski definition) is 5. The van der Waals surface area contributed by atoms with E-state index in [-0.39, 0.29) is 12.5 Å². The van der Waals surface area contributed by atoms with E-state index >= 15 is 0 Å². The Morgan fingerprint density at radius 2 is 2.04 bits per heavy atom. The average Bonchev–Trinajstić information content (AvgIpc) is 2.53. The van der Waals surface area contributed by atoms with Crippen molar-refractivity contribution in [3.63, 3.8) is 0 Å². The van der Waals surface area contributed by atoms with Crippen molar-refractivity contribution in [3.05, 3.63) is 24.3 Å². The first kappa shape index (κ1) is 16.9. The van der Waals surface area contributed by atoms with Crippen LogP contribution in [0.15, 0.2) is 24.3 Å². The highest BCUT2D eigenvalue weighted by Gasteiger charge is 2.23. The molecule has 2 rings (SSSR count). The van der Waals surface area contributed by atoms with Crippen LogP contribution in [0.5, 0.6) is 0 Å². The number of carbonyl (C=O) groups excluding carboxylic acids is 3. The van der Waals surface area contributed by atoms with Crippen LogP contribution in [0.3, 0.4) is 0 Å². The summed E-state index contributed by atoms with van der Waals surface area (Å²) in [6.07, 6.45) is 0. The summed E-state index contributed by atoms with van der Waals surface area (Å²) in [6.45, 7) is 3.28. The number of benzene rings is 1. The second-order valence-corrected chi connectivity index (χ2v) is 5.03. The van der Waals surface area contributed by atoms with Crippen LogP contribution >= 0.6 is 0 Å². The Morgan fingerprint density at radius 3 is 2.61 bits per heavy atom. The van der Waals surface area contributed by atoms with Crippen molar-refractivity contribution in [2.45, 2.75) is 13.0 Å². The maximum Gasteiger partial charge on any atom is 0.253 e. The van der Waals surface area contributed by atoms with Crippen molar-refractivity contribution in [1.82, 2.24) is 5.32 Å². The van der Waals surface area contributed by atoms with E-state index < -0.39 is 17.9 Å². The molecule has 1 aliphatic rings. The molecule has 3 amide bonds. The van der Waals surface area contributed by atoms with Gasteiger partial charge in [-0.15, -0.1) is 0 Å². The topological polar surface area (TPSA) is 114 Å². The largest absolute Gasteiger partial charge is 0.370 e. The molecule has 1 heterocycles. The van der Waals surface area contributed by atoms with Gasteiger partial charge in [0.2, 0.25) is 5.91 Å². The van der Waals surface area contributed by atoms with Gasteiger partial charge >= 0.3 is 0 Å². The quantitative estimate of drug-likeness (QED) is 0.609. The molecule has 8 nitrogen and oxygen atoms in total. The zero-order chi connectivity index (χ0) is 16.8. The van der Waals surface area contributed by atoms with E-state index in [0.717, 1.165) is 5.69 Å². The van der Waals surface area contributed by atoms with E-state index in [4.69, 9.17) is 10.5 Å². The van der Waals surface area contributed by atoms with Crippen molar-refractivity contribution >= 4 is 29.1 Å². The second kappa shape index (κ2) is 7.70. The zero-order valence-corrected chi connectivity index (χ0v) is 12.9. The van der Waals surface area contributed by atoms with E-state index in [1.54, 1.807) is 36.1 Å². The maximum atomic E-state index is 12.0. The summed E-state index contributed by atoms with van der Waals surface area (Å²) in [4.78, 5) is 36.7. The van der Waals surface area contributed by atoms with E-state index in [2.05, 4.69) is 10.6 Å². The summed E-state index contributed by atoms with van der Waals surface area (Å²) in [5, 5.41) is 5.34. The fourth-order valence-electron chi connectivity index (χ4n) is 2.26. The van der Waals surface area contributed by atoms with Gasteiger partial charge < -0.3 is 20.7 Å². The summed E-state index contributed by atoms with van der Waals surface area (Å²) in [7, 11) is 0. The molecule has 0 bridgehead atoms. The summed E-state index contributed by atoms with van der Waals surface area (Å²) in [6, 6.07) is 5.71. The van der Waals surface area contributed by atoms with E-state index in [1.165, 1.54) is 0 Å². The molecule has 124 valence electrons. The first-order valence-corrected chi connectivity index (χ1v) is 7.34. The molecule has 0 radical (unpaired) electrons. The van der Waals surface area contributed by atoms with Gasteiger partial charge in [-0.05, 0) is 30.8 Å². The van der Waals surface area contributed by atoms with Crippen LogP contribution in [0.25, 0.3) is 0 Å². The number of ether oxygens (including phenoxy) is 1. The molecule has 1 atom stereocenters. The van der Waals surface area contributed by atoms with E-state index in [0.29, 0.717) is 25.4 Å². The van der Waals surface area contributed by atoms with Crippen molar-refractivity contribution in [3.8, 4) is 0 Å². The maximum absolute atomic E-state index is 12.0. The lowest BCUT2D eigenvalue weighted by atomic mass is 10.2. The Kier molecular flexibility index (Phi) is 5.67. The van der Waals surface area contributed by atoms with Gasteiger partial charge in [0.25, 0.3) is 11.8 Å². The minimum absolute atomic E-state index is 0.0709. The predicted octanol–water partition coefficient (Wildman–Crippen LogP) is -0.548. The van der Waals surface area contributed by atoms with Crippen molar-refractivity contribution < 1.29 is 19.1 Å². The summed E-state index contributed by atoms with van der Waals surface area (Å²) < 4.78 is 5.08. The average molecular weight is 320 g/mol. The number of nitrogens with zero attached hydrogens (tertiary/aromatic N) is 1. The van der Waals surface area contributed by atoms with Gasteiger partial charge in [-0.2, -0.15) is 0 Å². The number of hydrogen-bond donors (Lipinski definition) is 3. The Bertz CT molecular complexity index is 588. The van der Waals surface area contributed by atoms with Gasteiger partial charge in [-0.25, -0.2) is 0 Å². The monoisotopic (exact) mass is 320 g/mol. The molecule has 0 saturated carbocycles. The molecule has 23 heavy (non-hydrogen) atoms. The number of anilines is 2. The molecular weight excluding hydrogens is 300 g/mol. The molecule has 0 aliphatic carbocycles. The van der Waals surface area contributed by atoms with Crippen molar-refractivity contribution in [2.24, 2.45) is 5.73 Å². The number of nitrogens with one attached hydrogen (secondary N) is 2. The number of rotatable bonds is 6. The van der Waals surface area contributed by atoms with Crippen LogP contribution in [-0.4, -0.2) is 50.1 Å². The third-order valence-corrected chi connectivity index (χ3v) is 3.39. The standard InChI is InChI=1S/C15H20N4O4/c1-2-17-13(14(16)21)15(22)18-10-3-5-11(6-4-10)19-7-8-23-9-12(19)20/h3-6,13,17H,2,7-9H2,1H3,(H2,16,21)(H,18,22)/t13-/m1/s1. The third kappa shape index (κ3) is 4.27. The van der Waals surface area contributed by atoms with Gasteiger partial charge in [0.1, 0.15) is 6.61 Å². The van der Waals surface area contributed by atoms with Crippen LogP contribution in [0.2, 0.25) is 0 Å². The lowest BCUT2D eigenvalue weighted by Gasteiger charge is -2.27. The number of carbonyl (C=O) groups is 3. The molecular formula is C15H20N4O4. The molecule has 1 fully saturated rings. The minimum Gasteiger partial charge on any atom is -0.370 e. The first-order chi connectivity index (χ1) is 11.0. The van der Waals surface area contributed by atoms with E-state index in [1.807, 2.05) is 0 Å². The van der Waals surface area contributed by atoms with Gasteiger partial charge in [-0.1, -0.05) is 6.92 Å². The van der Waals surface area contributed by atoms with Crippen LogP contribution in [0.4, 0.5) is 11.4 Å². The Labute approximate surface area is 134 Å². The van der Waals surface area contributed by atoms with Crippen LogP contribution < -0.4 is 21.3 Å². The lowest BCUT2D eigenvalue weighted by molar-refractivity contribution is -0.128. The number of likely N-dealkylation sites (N-methyl/N-ethyl adjacent to an activating group) is 1. The Morgan fingerprint density at radius 1 is 1.35 bits per heavy atom. The van der Waals surface area contributed by atoms with Gasteiger partial charge in [0, 0.05) is 17.9 Å². The van der Waals surface area contributed by atoms with Crippen LogP contribution in [0.1, 0.15) is 6.92 Å². The number of morpholine rings is 1. The number of nitrogens with two attached hydrogens (primary N) is 1. The van der Waals surface area contributed by atoms with Crippen molar-refractivity contribution in [2.75, 3.05) is 36.5 Å². The predicted molar refractivity (Wildman–Crippen MR) is 84.9 cm³/mol. The van der Waals surface area contributed by atoms with Gasteiger partial charge in [-0.3, -0.25) is 19.7 Å². The minimum atomic E-state index is -1.08. The Balaban J connectivity index is 2.03. The fraction of sp³-hybridized carbons (Fsp3) is 0.400. The molecule has 4 N–H and O–H groups in total. The molecule has 0 spiro atoms. The lowest BCUT2D eigenvalue weighted by Crippen LogP contribution is -2.49. The SMILES string of the molecule is CCN[C@H](C(N)=O)C(=O)Nc1ccc(N2CCOCC2=O)cc1. The first-order valence-electron chi connectivity index (χ1n) is 7.34. The summed E-state index contributed by atoms with van der Waals surface area (Å²) in [5.41, 5.74) is 6.44. The normalized spacial score (nSPS) is 16.0. The number of amides is 3. The highest BCUT2D eigenvalue weighted by Crippen LogP contribution is 2.19. The third-order valence-electron chi connectivity index (χ3n) is 3.39. The second-order valence-electron chi connectivity index (χ2n) is 5.03. The van der Waals surface area contributed by atoms with Gasteiger partial charge in [0.05, 0.1) is 6.61 Å². The number of primary amides is 1. The molecule has 1 saturated heterocycles. The molecule has 0 aromatic heterocycles. The highest BCUT2D eigenvalue weighted by atomic mass is 16.5. The van der Waals surface area contributed by atoms with Crippen LogP contribution in [-0.2, 0) is 19.1 Å². The smallest absolute Gasteiger partial charge is 0.253 e. The van der Waals surface area contributed by atoms with E-state index in [9.17, 15) is 14.4 Å². The Hall–Kier alpha value is -2.45. The molecule has 1 aliphatic heterocycles. The zero-order valence-electron chi connectivity index (χ0n) is 12.9. The molecule has 8 heteroatoms.